The fourth-order valence-corrected chi connectivity index (χ4v) is 3.20. The summed E-state index contributed by atoms with van der Waals surface area (Å²) in [7, 11) is 1.61. The van der Waals surface area contributed by atoms with Gasteiger partial charge in [-0.05, 0) is 18.6 Å². The molecule has 2 aromatic heterocycles. The summed E-state index contributed by atoms with van der Waals surface area (Å²) in [6, 6.07) is 7.54. The molecule has 0 saturated heterocycles. The molecule has 1 aromatic carbocycles. The van der Waals surface area contributed by atoms with E-state index in [1.807, 2.05) is 29.6 Å². The number of rotatable bonds is 7. The predicted octanol–water partition coefficient (Wildman–Crippen LogP) is 2.87. The van der Waals surface area contributed by atoms with Crippen LogP contribution in [0, 0.1) is 0 Å². The predicted molar refractivity (Wildman–Crippen MR) is 97.6 cm³/mol. The Labute approximate surface area is 150 Å². The standard InChI is InChI=1S/C18H20N4O2S/c1-3-17-21-14(12-25-17)8-9-19-18(23)13-10-20-22(11-13)15-6-4-5-7-16(15)24-2/h4-7,10-12H,3,8-9H2,1-2H3,(H,19,23). The van der Waals surface area contributed by atoms with Crippen molar-refractivity contribution in [2.24, 2.45) is 0 Å². The normalized spacial score (nSPS) is 10.6. The second-order valence-corrected chi connectivity index (χ2v) is 6.38. The minimum atomic E-state index is -0.146. The van der Waals surface area contributed by atoms with Crippen molar-refractivity contribution in [3.8, 4) is 11.4 Å². The van der Waals surface area contributed by atoms with Crippen LogP contribution in [0.5, 0.6) is 5.75 Å². The summed E-state index contributed by atoms with van der Waals surface area (Å²) in [6.07, 6.45) is 4.92. The highest BCUT2D eigenvalue weighted by atomic mass is 32.1. The SMILES string of the molecule is CCc1nc(CCNC(=O)c2cnn(-c3ccccc3OC)c2)cs1. The Balaban J connectivity index is 1.60. The number of hydrogen-bond acceptors (Lipinski definition) is 5. The lowest BCUT2D eigenvalue weighted by Gasteiger charge is -2.07. The molecule has 0 fully saturated rings. The first-order valence-electron chi connectivity index (χ1n) is 8.10. The van der Waals surface area contributed by atoms with Gasteiger partial charge in [0, 0.05) is 24.5 Å². The Morgan fingerprint density at radius 1 is 1.36 bits per heavy atom. The van der Waals surface area contributed by atoms with Gasteiger partial charge < -0.3 is 10.1 Å². The largest absolute Gasteiger partial charge is 0.494 e. The summed E-state index contributed by atoms with van der Waals surface area (Å²) in [6.45, 7) is 2.63. The first-order valence-corrected chi connectivity index (χ1v) is 8.98. The first kappa shape index (κ1) is 17.2. The molecule has 0 bridgehead atoms. The van der Waals surface area contributed by atoms with Crippen LogP contribution in [-0.2, 0) is 12.8 Å². The van der Waals surface area contributed by atoms with Crippen molar-refractivity contribution in [1.82, 2.24) is 20.1 Å². The van der Waals surface area contributed by atoms with E-state index in [1.165, 1.54) is 0 Å². The molecule has 3 aromatic rings. The van der Waals surface area contributed by atoms with Gasteiger partial charge >= 0.3 is 0 Å². The van der Waals surface area contributed by atoms with E-state index in [0.29, 0.717) is 17.9 Å². The van der Waals surface area contributed by atoms with Crippen LogP contribution < -0.4 is 10.1 Å². The Kier molecular flexibility index (Phi) is 5.45. The average Bonchev–Trinajstić information content (AvgIpc) is 3.31. The van der Waals surface area contributed by atoms with E-state index in [1.54, 1.807) is 35.5 Å². The van der Waals surface area contributed by atoms with E-state index in [2.05, 4.69) is 22.3 Å². The number of para-hydroxylation sites is 2. The quantitative estimate of drug-likeness (QED) is 0.707. The smallest absolute Gasteiger partial charge is 0.254 e. The number of aryl methyl sites for hydroxylation is 1. The number of hydrogen-bond donors (Lipinski definition) is 1. The Hall–Kier alpha value is -2.67. The first-order chi connectivity index (χ1) is 12.2. The molecule has 6 nitrogen and oxygen atoms in total. The number of benzene rings is 1. The fraction of sp³-hybridized carbons (Fsp3) is 0.278. The van der Waals surface area contributed by atoms with Gasteiger partial charge in [-0.1, -0.05) is 19.1 Å². The van der Waals surface area contributed by atoms with Gasteiger partial charge in [-0.15, -0.1) is 11.3 Å². The third-order valence-electron chi connectivity index (χ3n) is 3.75. The monoisotopic (exact) mass is 356 g/mol. The van der Waals surface area contributed by atoms with Crippen LogP contribution in [0.25, 0.3) is 5.69 Å². The molecule has 0 spiro atoms. The van der Waals surface area contributed by atoms with E-state index in [0.717, 1.165) is 29.2 Å². The zero-order valence-corrected chi connectivity index (χ0v) is 15.0. The van der Waals surface area contributed by atoms with E-state index in [4.69, 9.17) is 4.74 Å². The van der Waals surface area contributed by atoms with Crippen molar-refractivity contribution < 1.29 is 9.53 Å². The maximum Gasteiger partial charge on any atom is 0.254 e. The molecule has 1 N–H and O–H groups in total. The molecular weight excluding hydrogens is 336 g/mol. The molecule has 0 aliphatic rings. The Morgan fingerprint density at radius 2 is 2.20 bits per heavy atom. The van der Waals surface area contributed by atoms with Crippen molar-refractivity contribution in [2.45, 2.75) is 19.8 Å². The molecule has 0 atom stereocenters. The number of nitrogens with zero attached hydrogens (tertiary/aromatic N) is 3. The number of aromatic nitrogens is 3. The van der Waals surface area contributed by atoms with E-state index < -0.39 is 0 Å². The summed E-state index contributed by atoms with van der Waals surface area (Å²) < 4.78 is 6.97. The highest BCUT2D eigenvalue weighted by Crippen LogP contribution is 2.21. The molecule has 7 heteroatoms. The van der Waals surface area contributed by atoms with Gasteiger partial charge in [0.05, 0.1) is 29.6 Å². The minimum absolute atomic E-state index is 0.146. The highest BCUT2D eigenvalue weighted by molar-refractivity contribution is 7.09. The minimum Gasteiger partial charge on any atom is -0.494 e. The molecule has 1 amide bonds. The van der Waals surface area contributed by atoms with Crippen molar-refractivity contribution in [3.05, 3.63) is 58.3 Å². The third-order valence-corrected chi connectivity index (χ3v) is 4.79. The van der Waals surface area contributed by atoms with Gasteiger partial charge in [-0.25, -0.2) is 9.67 Å². The molecule has 3 rings (SSSR count). The van der Waals surface area contributed by atoms with Crippen LogP contribution in [0.15, 0.2) is 42.0 Å². The van der Waals surface area contributed by atoms with E-state index in [9.17, 15) is 4.79 Å². The number of nitrogens with one attached hydrogen (secondary N) is 1. The van der Waals surface area contributed by atoms with Gasteiger partial charge in [0.15, 0.2) is 0 Å². The van der Waals surface area contributed by atoms with Crippen LogP contribution in [0.1, 0.15) is 28.0 Å². The number of thiazole rings is 1. The number of ether oxygens (including phenoxy) is 1. The molecule has 0 unspecified atom stereocenters. The van der Waals surface area contributed by atoms with Gasteiger partial charge in [-0.3, -0.25) is 4.79 Å². The van der Waals surface area contributed by atoms with Crippen molar-refractivity contribution in [1.29, 1.82) is 0 Å². The fourth-order valence-electron chi connectivity index (χ4n) is 2.42. The van der Waals surface area contributed by atoms with Gasteiger partial charge in [0.1, 0.15) is 11.4 Å². The second kappa shape index (κ2) is 7.94. The molecule has 130 valence electrons. The van der Waals surface area contributed by atoms with E-state index in [-0.39, 0.29) is 5.91 Å². The summed E-state index contributed by atoms with van der Waals surface area (Å²) >= 11 is 1.66. The number of carbonyl (C=O) groups excluding carboxylic acids is 1. The summed E-state index contributed by atoms with van der Waals surface area (Å²) in [5.41, 5.74) is 2.32. The number of amides is 1. The molecule has 25 heavy (non-hydrogen) atoms. The average molecular weight is 356 g/mol. The van der Waals surface area contributed by atoms with Crippen LogP contribution >= 0.6 is 11.3 Å². The molecule has 0 aliphatic carbocycles. The third kappa shape index (κ3) is 4.06. The maximum atomic E-state index is 12.3. The lowest BCUT2D eigenvalue weighted by atomic mass is 10.3. The molecule has 2 heterocycles. The lowest BCUT2D eigenvalue weighted by Crippen LogP contribution is -2.25. The lowest BCUT2D eigenvalue weighted by molar-refractivity contribution is 0.0954. The molecule has 0 saturated carbocycles. The van der Waals surface area contributed by atoms with E-state index >= 15 is 0 Å². The summed E-state index contributed by atoms with van der Waals surface area (Å²) in [5, 5.41) is 10.3. The van der Waals surface area contributed by atoms with Crippen molar-refractivity contribution >= 4 is 17.2 Å². The number of carbonyl (C=O) groups is 1. The van der Waals surface area contributed by atoms with Gasteiger partial charge in [0.2, 0.25) is 0 Å². The Morgan fingerprint density at radius 3 is 2.96 bits per heavy atom. The number of methoxy groups -OCH3 is 1. The van der Waals surface area contributed by atoms with Crippen molar-refractivity contribution in [2.75, 3.05) is 13.7 Å². The van der Waals surface area contributed by atoms with Crippen LogP contribution in [0.3, 0.4) is 0 Å². The summed E-state index contributed by atoms with van der Waals surface area (Å²) in [4.78, 5) is 16.8. The molecular formula is C18H20N4O2S. The van der Waals surface area contributed by atoms with Crippen LogP contribution in [0.2, 0.25) is 0 Å². The van der Waals surface area contributed by atoms with Crippen molar-refractivity contribution in [3.63, 3.8) is 0 Å². The van der Waals surface area contributed by atoms with Gasteiger partial charge in [-0.2, -0.15) is 5.10 Å². The zero-order valence-electron chi connectivity index (χ0n) is 14.2. The molecule has 0 aliphatic heterocycles. The zero-order chi connectivity index (χ0) is 17.6. The molecule has 0 radical (unpaired) electrons. The van der Waals surface area contributed by atoms with Crippen LogP contribution in [-0.4, -0.2) is 34.3 Å². The second-order valence-electron chi connectivity index (χ2n) is 5.44. The summed E-state index contributed by atoms with van der Waals surface area (Å²) in [5.74, 6) is 0.555. The maximum absolute atomic E-state index is 12.3. The Bertz CT molecular complexity index is 856. The highest BCUT2D eigenvalue weighted by Gasteiger charge is 2.11. The van der Waals surface area contributed by atoms with Gasteiger partial charge in [0.25, 0.3) is 5.91 Å². The van der Waals surface area contributed by atoms with Crippen LogP contribution in [0.4, 0.5) is 0 Å². The topological polar surface area (TPSA) is 69.0 Å².